The second-order valence-corrected chi connectivity index (χ2v) is 2.47. The Morgan fingerprint density at radius 3 is 3.00 bits per heavy atom. The van der Waals surface area contributed by atoms with Gasteiger partial charge in [-0.15, -0.1) is 6.58 Å². The molecule has 0 radical (unpaired) electrons. The summed E-state index contributed by atoms with van der Waals surface area (Å²) in [6.07, 6.45) is 2.58. The van der Waals surface area contributed by atoms with Crippen LogP contribution in [0.4, 0.5) is 5.88 Å². The molecule has 0 saturated heterocycles. The lowest BCUT2D eigenvalue weighted by atomic mass is 10.4. The summed E-state index contributed by atoms with van der Waals surface area (Å²) in [6.45, 7) is 4.25. The van der Waals surface area contributed by atoms with Crippen molar-refractivity contribution < 1.29 is 14.3 Å². The van der Waals surface area contributed by atoms with Crippen LogP contribution < -0.4 is 5.32 Å². The average Bonchev–Trinajstić information content (AvgIpc) is 2.53. The Morgan fingerprint density at radius 1 is 1.69 bits per heavy atom. The van der Waals surface area contributed by atoms with Crippen molar-refractivity contribution in [3.63, 3.8) is 0 Å². The van der Waals surface area contributed by atoms with Crippen molar-refractivity contribution in [2.24, 2.45) is 0 Å². The number of aromatic carboxylic acids is 1. The molecule has 1 heterocycles. The van der Waals surface area contributed by atoms with Gasteiger partial charge in [-0.05, 0) is 12.5 Å². The number of rotatable bonds is 5. The van der Waals surface area contributed by atoms with E-state index in [0.29, 0.717) is 12.4 Å². The van der Waals surface area contributed by atoms with Gasteiger partial charge in [0.2, 0.25) is 5.76 Å². The fraction of sp³-hybridized carbons (Fsp3) is 0.222. The summed E-state index contributed by atoms with van der Waals surface area (Å²) in [6, 6.07) is 3.01. The minimum atomic E-state index is -1.06. The number of furan rings is 1. The first-order valence-electron chi connectivity index (χ1n) is 3.92. The van der Waals surface area contributed by atoms with Crippen LogP contribution in [-0.4, -0.2) is 17.6 Å². The average molecular weight is 181 g/mol. The van der Waals surface area contributed by atoms with Gasteiger partial charge < -0.3 is 14.8 Å². The summed E-state index contributed by atoms with van der Waals surface area (Å²) >= 11 is 0. The van der Waals surface area contributed by atoms with E-state index in [1.807, 2.05) is 0 Å². The maximum atomic E-state index is 10.4. The molecule has 0 aliphatic carbocycles. The number of carbonyl (C=O) groups is 1. The smallest absolute Gasteiger partial charge is 0.371 e. The largest absolute Gasteiger partial charge is 0.475 e. The van der Waals surface area contributed by atoms with Crippen molar-refractivity contribution in [2.45, 2.75) is 6.42 Å². The van der Waals surface area contributed by atoms with Crippen LogP contribution in [0, 0.1) is 0 Å². The number of nitrogens with one attached hydrogen (secondary N) is 1. The van der Waals surface area contributed by atoms with Gasteiger partial charge in [-0.3, -0.25) is 0 Å². The molecule has 4 heteroatoms. The number of hydrogen-bond acceptors (Lipinski definition) is 3. The minimum absolute atomic E-state index is 0.0545. The summed E-state index contributed by atoms with van der Waals surface area (Å²) in [7, 11) is 0. The Morgan fingerprint density at radius 2 is 2.46 bits per heavy atom. The van der Waals surface area contributed by atoms with E-state index in [1.54, 1.807) is 12.1 Å². The third-order valence-electron chi connectivity index (χ3n) is 1.46. The highest BCUT2D eigenvalue weighted by atomic mass is 16.4. The number of anilines is 1. The maximum absolute atomic E-state index is 10.4. The highest BCUT2D eigenvalue weighted by molar-refractivity contribution is 5.84. The zero-order valence-corrected chi connectivity index (χ0v) is 7.12. The Balaban J connectivity index is 2.49. The second kappa shape index (κ2) is 4.35. The summed E-state index contributed by atoms with van der Waals surface area (Å²) < 4.78 is 4.95. The molecule has 0 spiro atoms. The molecule has 0 aromatic carbocycles. The van der Waals surface area contributed by atoms with Crippen molar-refractivity contribution >= 4 is 11.9 Å². The van der Waals surface area contributed by atoms with Crippen LogP contribution in [0.25, 0.3) is 0 Å². The highest BCUT2D eigenvalue weighted by Crippen LogP contribution is 2.12. The zero-order chi connectivity index (χ0) is 9.68. The van der Waals surface area contributed by atoms with E-state index >= 15 is 0 Å². The van der Waals surface area contributed by atoms with Crippen molar-refractivity contribution in [1.82, 2.24) is 0 Å². The number of carboxylic acid groups (broad SMARTS) is 1. The lowest BCUT2D eigenvalue weighted by Crippen LogP contribution is -1.98. The first kappa shape index (κ1) is 9.38. The van der Waals surface area contributed by atoms with Crippen molar-refractivity contribution in [1.29, 1.82) is 0 Å². The molecule has 0 bridgehead atoms. The molecule has 0 unspecified atom stereocenters. The third-order valence-corrected chi connectivity index (χ3v) is 1.46. The molecule has 70 valence electrons. The van der Waals surface area contributed by atoms with Crippen molar-refractivity contribution in [3.8, 4) is 0 Å². The molecular weight excluding hydrogens is 170 g/mol. The predicted molar refractivity (Wildman–Crippen MR) is 49.0 cm³/mol. The highest BCUT2D eigenvalue weighted by Gasteiger charge is 2.07. The van der Waals surface area contributed by atoms with Crippen LogP contribution in [0.3, 0.4) is 0 Å². The maximum Gasteiger partial charge on any atom is 0.371 e. The van der Waals surface area contributed by atoms with Gasteiger partial charge in [0.15, 0.2) is 5.88 Å². The standard InChI is InChI=1S/C9H11NO3/c1-2-3-6-10-8-5-4-7(13-8)9(11)12/h2,4-5,10H,1,3,6H2,(H,11,12). The fourth-order valence-corrected chi connectivity index (χ4v) is 0.845. The van der Waals surface area contributed by atoms with Crippen molar-refractivity contribution in [2.75, 3.05) is 11.9 Å². The monoisotopic (exact) mass is 181 g/mol. The van der Waals surface area contributed by atoms with Crippen LogP contribution in [0.5, 0.6) is 0 Å². The van der Waals surface area contributed by atoms with E-state index in [0.717, 1.165) is 6.42 Å². The lowest BCUT2D eigenvalue weighted by molar-refractivity contribution is 0.0663. The topological polar surface area (TPSA) is 62.5 Å². The van der Waals surface area contributed by atoms with Crippen LogP contribution in [-0.2, 0) is 0 Å². The molecule has 1 rings (SSSR count). The molecule has 1 aromatic heterocycles. The molecule has 0 aliphatic heterocycles. The molecule has 0 fully saturated rings. The van der Waals surface area contributed by atoms with E-state index in [4.69, 9.17) is 9.52 Å². The molecule has 13 heavy (non-hydrogen) atoms. The Kier molecular flexibility index (Phi) is 3.14. The van der Waals surface area contributed by atoms with Gasteiger partial charge in [0, 0.05) is 12.6 Å². The Labute approximate surface area is 75.9 Å². The molecular formula is C9H11NO3. The van der Waals surface area contributed by atoms with Gasteiger partial charge in [0.05, 0.1) is 0 Å². The van der Waals surface area contributed by atoms with E-state index in [9.17, 15) is 4.79 Å². The van der Waals surface area contributed by atoms with Gasteiger partial charge in [-0.1, -0.05) is 6.08 Å². The van der Waals surface area contributed by atoms with Gasteiger partial charge >= 0.3 is 5.97 Å². The Hall–Kier alpha value is -1.71. The summed E-state index contributed by atoms with van der Waals surface area (Å²) in [5, 5.41) is 11.5. The third kappa shape index (κ3) is 2.66. The fourth-order valence-electron chi connectivity index (χ4n) is 0.845. The van der Waals surface area contributed by atoms with Crippen LogP contribution in [0.1, 0.15) is 17.0 Å². The summed E-state index contributed by atoms with van der Waals surface area (Å²) in [5.74, 6) is -0.642. The quantitative estimate of drug-likeness (QED) is 0.538. The van der Waals surface area contributed by atoms with E-state index in [1.165, 1.54) is 6.07 Å². The van der Waals surface area contributed by atoms with Gasteiger partial charge in [-0.25, -0.2) is 4.79 Å². The Bertz CT molecular complexity index is 304. The zero-order valence-electron chi connectivity index (χ0n) is 7.12. The first-order chi connectivity index (χ1) is 6.24. The minimum Gasteiger partial charge on any atom is -0.475 e. The normalized spacial score (nSPS) is 9.54. The van der Waals surface area contributed by atoms with Gasteiger partial charge in [-0.2, -0.15) is 0 Å². The molecule has 1 aromatic rings. The van der Waals surface area contributed by atoms with Crippen LogP contribution >= 0.6 is 0 Å². The van der Waals surface area contributed by atoms with E-state index in [2.05, 4.69) is 11.9 Å². The first-order valence-corrected chi connectivity index (χ1v) is 3.92. The SMILES string of the molecule is C=CCCNc1ccc(C(=O)O)o1. The lowest BCUT2D eigenvalue weighted by Gasteiger charge is -1.97. The number of carboxylic acids is 1. The summed E-state index contributed by atoms with van der Waals surface area (Å²) in [5.41, 5.74) is 0. The predicted octanol–water partition coefficient (Wildman–Crippen LogP) is 1.97. The van der Waals surface area contributed by atoms with E-state index < -0.39 is 5.97 Å². The molecule has 4 nitrogen and oxygen atoms in total. The second-order valence-electron chi connectivity index (χ2n) is 2.47. The molecule has 0 saturated carbocycles. The van der Waals surface area contributed by atoms with Crippen molar-refractivity contribution in [3.05, 3.63) is 30.5 Å². The number of hydrogen-bond donors (Lipinski definition) is 2. The van der Waals surface area contributed by atoms with Gasteiger partial charge in [0.1, 0.15) is 0 Å². The van der Waals surface area contributed by atoms with Gasteiger partial charge in [0.25, 0.3) is 0 Å². The van der Waals surface area contributed by atoms with E-state index in [-0.39, 0.29) is 5.76 Å². The molecule has 2 N–H and O–H groups in total. The summed E-state index contributed by atoms with van der Waals surface area (Å²) in [4.78, 5) is 10.4. The molecule has 0 aliphatic rings. The van der Waals surface area contributed by atoms with Crippen LogP contribution in [0.15, 0.2) is 29.2 Å². The molecule has 0 amide bonds. The van der Waals surface area contributed by atoms with Crippen LogP contribution in [0.2, 0.25) is 0 Å². The molecule has 0 atom stereocenters.